The van der Waals surface area contributed by atoms with Crippen molar-refractivity contribution in [3.63, 3.8) is 0 Å². The lowest BCUT2D eigenvalue weighted by atomic mass is 10.1. The number of benzene rings is 2. The Bertz CT molecular complexity index is 922. The molecule has 0 saturated heterocycles. The van der Waals surface area contributed by atoms with Gasteiger partial charge in [0.25, 0.3) is 11.8 Å². The maximum absolute atomic E-state index is 12.4. The molecular formula is C22H21N3O2. The summed E-state index contributed by atoms with van der Waals surface area (Å²) in [4.78, 5) is 28.7. The Morgan fingerprint density at radius 2 is 1.56 bits per heavy atom. The van der Waals surface area contributed by atoms with E-state index in [1.165, 1.54) is 12.4 Å². The molecule has 1 heterocycles. The Morgan fingerprint density at radius 3 is 2.26 bits per heavy atom. The van der Waals surface area contributed by atoms with Gasteiger partial charge in [0.1, 0.15) is 0 Å². The molecular weight excluding hydrogens is 338 g/mol. The van der Waals surface area contributed by atoms with Gasteiger partial charge >= 0.3 is 0 Å². The second kappa shape index (κ2) is 8.76. The maximum Gasteiger partial charge on any atom is 0.257 e. The van der Waals surface area contributed by atoms with Crippen molar-refractivity contribution >= 4 is 17.5 Å². The van der Waals surface area contributed by atoms with E-state index in [9.17, 15) is 9.59 Å². The van der Waals surface area contributed by atoms with Crippen molar-refractivity contribution in [3.05, 3.63) is 95.3 Å². The van der Waals surface area contributed by atoms with E-state index >= 15 is 0 Å². The summed E-state index contributed by atoms with van der Waals surface area (Å²) in [6, 6.07) is 19.0. The molecule has 2 amide bonds. The highest BCUT2D eigenvalue weighted by atomic mass is 16.2. The Labute approximate surface area is 158 Å². The van der Waals surface area contributed by atoms with E-state index in [4.69, 9.17) is 0 Å². The fraction of sp³-hybridized carbons (Fsp3) is 0.136. The van der Waals surface area contributed by atoms with Crippen LogP contribution < -0.4 is 10.6 Å². The summed E-state index contributed by atoms with van der Waals surface area (Å²) in [6.07, 6.45) is 3.65. The molecule has 5 nitrogen and oxygen atoms in total. The van der Waals surface area contributed by atoms with Gasteiger partial charge in [-0.2, -0.15) is 0 Å². The van der Waals surface area contributed by atoms with Crippen molar-refractivity contribution in [1.29, 1.82) is 0 Å². The second-order valence-corrected chi connectivity index (χ2v) is 6.27. The average molecular weight is 359 g/mol. The molecule has 3 aromatic rings. The Balaban J connectivity index is 1.59. The first-order valence-electron chi connectivity index (χ1n) is 8.77. The van der Waals surface area contributed by atoms with Gasteiger partial charge in [0, 0.05) is 24.6 Å². The first-order chi connectivity index (χ1) is 13.1. The normalized spacial score (nSPS) is 10.3. The lowest BCUT2D eigenvalue weighted by molar-refractivity contribution is 0.0953. The first-order valence-corrected chi connectivity index (χ1v) is 8.77. The predicted molar refractivity (Wildman–Crippen MR) is 106 cm³/mol. The largest absolute Gasteiger partial charge is 0.352 e. The van der Waals surface area contributed by atoms with E-state index in [2.05, 4.69) is 15.6 Å². The number of carbonyl (C=O) groups excluding carboxylic acids is 2. The van der Waals surface area contributed by atoms with Crippen LogP contribution in [0.15, 0.2) is 73.1 Å². The average Bonchev–Trinajstić information content (AvgIpc) is 2.70. The SMILES string of the molecule is Cc1ccc(NC(=O)c2cncc(C(=O)NCCc3ccccc3)c2)cc1. The number of hydrogen-bond acceptors (Lipinski definition) is 3. The van der Waals surface area contributed by atoms with Crippen LogP contribution in [0.2, 0.25) is 0 Å². The van der Waals surface area contributed by atoms with E-state index in [-0.39, 0.29) is 11.8 Å². The Morgan fingerprint density at radius 1 is 0.889 bits per heavy atom. The van der Waals surface area contributed by atoms with E-state index in [1.807, 2.05) is 61.5 Å². The lowest BCUT2D eigenvalue weighted by Crippen LogP contribution is -2.26. The maximum atomic E-state index is 12.4. The van der Waals surface area contributed by atoms with Crippen molar-refractivity contribution in [1.82, 2.24) is 10.3 Å². The van der Waals surface area contributed by atoms with Crippen LogP contribution in [0.25, 0.3) is 0 Å². The topological polar surface area (TPSA) is 71.1 Å². The number of rotatable bonds is 6. The minimum Gasteiger partial charge on any atom is -0.352 e. The number of carbonyl (C=O) groups is 2. The lowest BCUT2D eigenvalue weighted by Gasteiger charge is -2.08. The molecule has 136 valence electrons. The van der Waals surface area contributed by atoms with E-state index < -0.39 is 0 Å². The van der Waals surface area contributed by atoms with Crippen LogP contribution in [0.5, 0.6) is 0 Å². The van der Waals surface area contributed by atoms with Crippen molar-refractivity contribution in [2.24, 2.45) is 0 Å². The van der Waals surface area contributed by atoms with Crippen molar-refractivity contribution in [3.8, 4) is 0 Å². The smallest absolute Gasteiger partial charge is 0.257 e. The first kappa shape index (κ1) is 18.3. The van der Waals surface area contributed by atoms with Gasteiger partial charge in [-0.15, -0.1) is 0 Å². The molecule has 2 aromatic carbocycles. The molecule has 5 heteroatoms. The quantitative estimate of drug-likeness (QED) is 0.706. The number of nitrogens with zero attached hydrogens (tertiary/aromatic N) is 1. The number of pyridine rings is 1. The highest BCUT2D eigenvalue weighted by Crippen LogP contribution is 2.11. The molecule has 0 spiro atoms. The number of hydrogen-bond donors (Lipinski definition) is 2. The van der Waals surface area contributed by atoms with Gasteiger partial charge < -0.3 is 10.6 Å². The third-order valence-electron chi connectivity index (χ3n) is 4.11. The van der Waals surface area contributed by atoms with Crippen LogP contribution in [0, 0.1) is 6.92 Å². The summed E-state index contributed by atoms with van der Waals surface area (Å²) in [5.41, 5.74) is 3.67. The molecule has 0 aliphatic heterocycles. The molecule has 0 fully saturated rings. The zero-order valence-electron chi connectivity index (χ0n) is 15.1. The van der Waals surface area contributed by atoms with Crippen LogP contribution in [0.3, 0.4) is 0 Å². The standard InChI is InChI=1S/C22H21N3O2/c1-16-7-9-20(10-8-16)25-22(27)19-13-18(14-23-15-19)21(26)24-12-11-17-5-3-2-4-6-17/h2-10,13-15H,11-12H2,1H3,(H,24,26)(H,25,27). The van der Waals surface area contributed by atoms with Crippen LogP contribution in [0.1, 0.15) is 31.8 Å². The Hall–Kier alpha value is -3.47. The molecule has 0 aliphatic carbocycles. The minimum atomic E-state index is -0.301. The molecule has 27 heavy (non-hydrogen) atoms. The van der Waals surface area contributed by atoms with Crippen molar-refractivity contribution in [2.75, 3.05) is 11.9 Å². The van der Waals surface area contributed by atoms with Crippen LogP contribution >= 0.6 is 0 Å². The number of amides is 2. The van der Waals surface area contributed by atoms with E-state index in [0.29, 0.717) is 23.4 Å². The highest BCUT2D eigenvalue weighted by molar-refractivity contribution is 6.05. The second-order valence-electron chi connectivity index (χ2n) is 6.27. The van der Waals surface area contributed by atoms with Gasteiger partial charge in [-0.05, 0) is 37.1 Å². The van der Waals surface area contributed by atoms with Crippen LogP contribution in [-0.2, 0) is 6.42 Å². The van der Waals surface area contributed by atoms with Gasteiger partial charge in [0.2, 0.25) is 0 Å². The van der Waals surface area contributed by atoms with Gasteiger partial charge in [-0.1, -0.05) is 48.0 Å². The van der Waals surface area contributed by atoms with Gasteiger partial charge in [-0.25, -0.2) is 0 Å². The number of nitrogens with one attached hydrogen (secondary N) is 2. The zero-order chi connectivity index (χ0) is 19.1. The molecule has 2 N–H and O–H groups in total. The Kier molecular flexibility index (Phi) is 5.94. The van der Waals surface area contributed by atoms with Crippen LogP contribution in [-0.4, -0.2) is 23.3 Å². The summed E-state index contributed by atoms with van der Waals surface area (Å²) in [6.45, 7) is 2.50. The molecule has 0 radical (unpaired) electrons. The predicted octanol–water partition coefficient (Wildman–Crippen LogP) is 3.61. The van der Waals surface area contributed by atoms with E-state index in [0.717, 1.165) is 17.5 Å². The number of aromatic nitrogens is 1. The van der Waals surface area contributed by atoms with E-state index in [1.54, 1.807) is 6.07 Å². The van der Waals surface area contributed by atoms with Crippen molar-refractivity contribution in [2.45, 2.75) is 13.3 Å². The summed E-state index contributed by atoms with van der Waals surface area (Å²) >= 11 is 0. The zero-order valence-corrected chi connectivity index (χ0v) is 15.1. The van der Waals surface area contributed by atoms with Gasteiger partial charge in [0.15, 0.2) is 0 Å². The molecule has 0 unspecified atom stereocenters. The third-order valence-corrected chi connectivity index (χ3v) is 4.11. The summed E-state index contributed by atoms with van der Waals surface area (Å²) in [5.74, 6) is -0.547. The summed E-state index contributed by atoms with van der Waals surface area (Å²) < 4.78 is 0. The summed E-state index contributed by atoms with van der Waals surface area (Å²) in [7, 11) is 0. The van der Waals surface area contributed by atoms with Crippen molar-refractivity contribution < 1.29 is 9.59 Å². The minimum absolute atomic E-state index is 0.247. The van der Waals surface area contributed by atoms with Gasteiger partial charge in [-0.3, -0.25) is 14.6 Å². The molecule has 0 aliphatic rings. The monoisotopic (exact) mass is 359 g/mol. The molecule has 0 saturated carbocycles. The highest BCUT2D eigenvalue weighted by Gasteiger charge is 2.11. The van der Waals surface area contributed by atoms with Gasteiger partial charge in [0.05, 0.1) is 11.1 Å². The summed E-state index contributed by atoms with van der Waals surface area (Å²) in [5, 5.41) is 5.66. The molecule has 0 atom stereocenters. The number of aryl methyl sites for hydroxylation is 1. The third kappa shape index (κ3) is 5.25. The van der Waals surface area contributed by atoms with Crippen LogP contribution in [0.4, 0.5) is 5.69 Å². The number of anilines is 1. The molecule has 1 aromatic heterocycles. The molecule has 3 rings (SSSR count). The fourth-order valence-corrected chi connectivity index (χ4v) is 2.60. The fourth-order valence-electron chi connectivity index (χ4n) is 2.60. The molecule has 0 bridgehead atoms.